The third-order valence-corrected chi connectivity index (χ3v) is 8.08. The van der Waals surface area contributed by atoms with Crippen LogP contribution in [0, 0.1) is 12.7 Å². The van der Waals surface area contributed by atoms with Crippen LogP contribution in [0.1, 0.15) is 53.9 Å². The highest BCUT2D eigenvalue weighted by Gasteiger charge is 2.45. The molecule has 0 fully saturated rings. The van der Waals surface area contributed by atoms with E-state index in [1.165, 1.54) is 12.1 Å². The second kappa shape index (κ2) is 11.3. The maximum atomic E-state index is 13.7. The number of aliphatic hydroxyl groups is 1. The Hall–Kier alpha value is -5.29. The molecule has 45 heavy (non-hydrogen) atoms. The Morgan fingerprint density at radius 1 is 1.11 bits per heavy atom. The zero-order valence-corrected chi connectivity index (χ0v) is 24.9. The molecule has 2 aromatic carbocycles. The van der Waals surface area contributed by atoms with Crippen LogP contribution in [0.15, 0.2) is 73.2 Å². The maximum Gasteiger partial charge on any atom is 0.321 e. The van der Waals surface area contributed by atoms with Crippen LogP contribution in [0.25, 0.3) is 22.2 Å². The fraction of sp³-hybridized carbons (Fsp3) is 0.235. The van der Waals surface area contributed by atoms with Gasteiger partial charge in [0.2, 0.25) is 5.91 Å². The number of fused-ring (bicyclic) bond motifs is 2. The molecule has 5 aromatic rings. The van der Waals surface area contributed by atoms with Gasteiger partial charge in [0.1, 0.15) is 40.4 Å². The highest BCUT2D eigenvalue weighted by molar-refractivity contribution is 6.01. The molecule has 10 nitrogen and oxygen atoms in total. The lowest BCUT2D eigenvalue weighted by Crippen LogP contribution is -2.40. The van der Waals surface area contributed by atoms with Crippen molar-refractivity contribution in [3.05, 3.63) is 101 Å². The number of primary amides is 1. The van der Waals surface area contributed by atoms with E-state index >= 15 is 0 Å². The average molecular weight is 608 g/mol. The molecule has 1 aliphatic heterocycles. The summed E-state index contributed by atoms with van der Waals surface area (Å²) >= 11 is 0. The molecule has 3 aromatic heterocycles. The zero-order chi connectivity index (χ0) is 31.9. The van der Waals surface area contributed by atoms with Gasteiger partial charge in [-0.25, -0.2) is 19.3 Å². The first-order valence-corrected chi connectivity index (χ1v) is 14.3. The lowest BCUT2D eigenvalue weighted by atomic mass is 9.81. The van der Waals surface area contributed by atoms with E-state index in [0.717, 1.165) is 5.56 Å². The van der Waals surface area contributed by atoms with E-state index in [0.29, 0.717) is 44.8 Å². The first kappa shape index (κ1) is 29.8. The van der Waals surface area contributed by atoms with Gasteiger partial charge in [-0.2, -0.15) is 0 Å². The number of halogens is 1. The third kappa shape index (κ3) is 5.69. The highest BCUT2D eigenvalue weighted by Crippen LogP contribution is 2.46. The molecule has 0 bridgehead atoms. The Balaban J connectivity index is 1.33. The van der Waals surface area contributed by atoms with Crippen molar-refractivity contribution in [3.8, 4) is 28.8 Å². The molecule has 0 saturated heterocycles. The number of pyridine rings is 2. The Morgan fingerprint density at radius 3 is 2.56 bits per heavy atom. The van der Waals surface area contributed by atoms with E-state index in [2.05, 4.69) is 15.0 Å². The number of amides is 1. The topological polar surface area (TPSA) is 150 Å². The summed E-state index contributed by atoms with van der Waals surface area (Å²) in [5.74, 6) is -0.609. The minimum absolute atomic E-state index is 0.00326. The van der Waals surface area contributed by atoms with E-state index in [1.54, 1.807) is 68.8 Å². The molecule has 4 heterocycles. The van der Waals surface area contributed by atoms with Gasteiger partial charge in [-0.3, -0.25) is 14.6 Å². The Kier molecular flexibility index (Phi) is 7.49. The number of hydrogen-bond acceptors (Lipinski definition) is 9. The number of carbonyl (C=O) groups excluding carboxylic acids is 2. The minimum atomic E-state index is -1.60. The smallest absolute Gasteiger partial charge is 0.321 e. The number of benzene rings is 2. The van der Waals surface area contributed by atoms with E-state index in [1.807, 2.05) is 13.0 Å². The summed E-state index contributed by atoms with van der Waals surface area (Å²) in [6.45, 7) is 5.10. The molecule has 1 aliphatic rings. The lowest BCUT2D eigenvalue weighted by molar-refractivity contribution is -0.123. The SMILES string of the molecule is Cc1cnc2c(Oc3ncccn3)cc(C(=O)CC[C@](C)(O)c3cc4c(c(-c5ccc(F)cc5)n3)OC[C@]4(C)C(N)=O)cc2c1. The molecule has 11 heteroatoms. The van der Waals surface area contributed by atoms with Crippen LogP contribution in [-0.2, 0) is 15.8 Å². The van der Waals surface area contributed by atoms with Crippen molar-refractivity contribution in [3.63, 3.8) is 0 Å². The molecule has 228 valence electrons. The lowest BCUT2D eigenvalue weighted by Gasteiger charge is -2.26. The van der Waals surface area contributed by atoms with Gasteiger partial charge < -0.3 is 20.3 Å². The van der Waals surface area contributed by atoms with Crippen LogP contribution in [0.4, 0.5) is 4.39 Å². The number of ether oxygens (including phenoxy) is 2. The number of Topliss-reactive ketones (excluding diaryl/α,β-unsaturated/α-hetero) is 1. The van der Waals surface area contributed by atoms with Crippen LogP contribution >= 0.6 is 0 Å². The first-order chi connectivity index (χ1) is 21.4. The van der Waals surface area contributed by atoms with Crippen LogP contribution < -0.4 is 15.2 Å². The zero-order valence-electron chi connectivity index (χ0n) is 24.9. The number of aryl methyl sites for hydroxylation is 1. The van der Waals surface area contributed by atoms with Crippen molar-refractivity contribution < 1.29 is 28.6 Å². The van der Waals surface area contributed by atoms with Gasteiger partial charge in [-0.15, -0.1) is 0 Å². The molecule has 6 rings (SSSR count). The molecule has 1 amide bonds. The Morgan fingerprint density at radius 2 is 1.84 bits per heavy atom. The van der Waals surface area contributed by atoms with Crippen molar-refractivity contribution in [2.24, 2.45) is 5.73 Å². The number of ketones is 1. The molecule has 0 radical (unpaired) electrons. The fourth-order valence-electron chi connectivity index (χ4n) is 5.30. The summed E-state index contributed by atoms with van der Waals surface area (Å²) < 4.78 is 25.5. The largest absolute Gasteiger partial charge is 0.489 e. The van der Waals surface area contributed by atoms with E-state index in [9.17, 15) is 19.1 Å². The Labute approximate surface area is 258 Å². The minimum Gasteiger partial charge on any atom is -0.489 e. The van der Waals surface area contributed by atoms with Gasteiger partial charge in [-0.05, 0) is 87.4 Å². The van der Waals surface area contributed by atoms with Crippen molar-refractivity contribution >= 4 is 22.6 Å². The van der Waals surface area contributed by atoms with Crippen molar-refractivity contribution in [2.75, 3.05) is 6.61 Å². The fourth-order valence-corrected chi connectivity index (χ4v) is 5.30. The van der Waals surface area contributed by atoms with Gasteiger partial charge >= 0.3 is 6.01 Å². The van der Waals surface area contributed by atoms with Crippen LogP contribution in [0.5, 0.6) is 17.5 Å². The summed E-state index contributed by atoms with van der Waals surface area (Å²) in [6, 6.07) is 14.3. The van der Waals surface area contributed by atoms with Crippen molar-refractivity contribution in [1.82, 2.24) is 19.9 Å². The van der Waals surface area contributed by atoms with E-state index in [-0.39, 0.29) is 36.9 Å². The second-order valence-electron chi connectivity index (χ2n) is 11.6. The summed E-state index contributed by atoms with van der Waals surface area (Å²) in [6.07, 6.45) is 4.75. The monoisotopic (exact) mass is 607 g/mol. The molecule has 0 saturated carbocycles. The highest BCUT2D eigenvalue weighted by atomic mass is 19.1. The average Bonchev–Trinajstić information content (AvgIpc) is 3.38. The van der Waals surface area contributed by atoms with Crippen LogP contribution in [-0.4, -0.2) is 43.3 Å². The molecular formula is C34H30FN5O5. The van der Waals surface area contributed by atoms with Gasteiger partial charge in [-0.1, -0.05) is 0 Å². The summed E-state index contributed by atoms with van der Waals surface area (Å²) in [5, 5.41) is 12.4. The number of hydrogen-bond donors (Lipinski definition) is 2. The standard InChI is InChI=1S/C34H30FN5O5/c1-19-13-22-14-21(15-26(28(22)39-17-19)45-32-37-11-4-12-38-32)25(41)9-10-34(3,43)27-16-24-30(44-18-33(24,2)31(36)42)29(40-27)20-5-7-23(35)8-6-20/h4-8,11-17,43H,9-10,18H2,1-3H3,(H2,36,42)/t33-,34-/m0/s1. The molecule has 0 spiro atoms. The molecule has 2 atom stereocenters. The van der Waals surface area contributed by atoms with Gasteiger partial charge in [0.25, 0.3) is 0 Å². The van der Waals surface area contributed by atoms with Gasteiger partial charge in [0.05, 0.1) is 5.69 Å². The molecule has 0 aliphatic carbocycles. The quantitative estimate of drug-likeness (QED) is 0.212. The number of carbonyl (C=O) groups is 2. The van der Waals surface area contributed by atoms with Crippen molar-refractivity contribution in [1.29, 1.82) is 0 Å². The number of nitrogens with two attached hydrogens (primary N) is 1. The normalized spacial score (nSPS) is 16.9. The number of aromatic nitrogens is 4. The summed E-state index contributed by atoms with van der Waals surface area (Å²) in [4.78, 5) is 43.5. The first-order valence-electron chi connectivity index (χ1n) is 14.3. The molecule has 0 unspecified atom stereocenters. The van der Waals surface area contributed by atoms with E-state index in [4.69, 9.17) is 20.2 Å². The third-order valence-electron chi connectivity index (χ3n) is 8.08. The van der Waals surface area contributed by atoms with Crippen LogP contribution in [0.2, 0.25) is 0 Å². The predicted molar refractivity (Wildman–Crippen MR) is 163 cm³/mol. The molecular weight excluding hydrogens is 577 g/mol. The van der Waals surface area contributed by atoms with Gasteiger partial charge in [0, 0.05) is 47.1 Å². The number of nitrogens with zero attached hydrogens (tertiary/aromatic N) is 4. The van der Waals surface area contributed by atoms with Gasteiger partial charge in [0.15, 0.2) is 11.5 Å². The maximum absolute atomic E-state index is 13.7. The Bertz CT molecular complexity index is 1950. The second-order valence-corrected chi connectivity index (χ2v) is 11.6. The van der Waals surface area contributed by atoms with Crippen molar-refractivity contribution in [2.45, 2.75) is 44.6 Å². The van der Waals surface area contributed by atoms with Crippen LogP contribution in [0.3, 0.4) is 0 Å². The molecule has 3 N–H and O–H groups in total. The predicted octanol–water partition coefficient (Wildman–Crippen LogP) is 5.33. The summed E-state index contributed by atoms with van der Waals surface area (Å²) in [7, 11) is 0. The summed E-state index contributed by atoms with van der Waals surface area (Å²) in [5.41, 5.74) is 6.35. The van der Waals surface area contributed by atoms with E-state index < -0.39 is 22.7 Å². The number of rotatable bonds is 9.